The van der Waals surface area contributed by atoms with E-state index in [0.29, 0.717) is 24.0 Å². The van der Waals surface area contributed by atoms with Crippen LogP contribution in [0.3, 0.4) is 0 Å². The maximum Gasteiger partial charge on any atom is 0.325 e. The van der Waals surface area contributed by atoms with Gasteiger partial charge in [-0.3, -0.25) is 10.1 Å². The van der Waals surface area contributed by atoms with Crippen LogP contribution in [0.15, 0.2) is 29.6 Å². The van der Waals surface area contributed by atoms with Crippen molar-refractivity contribution in [1.29, 1.82) is 0 Å². The topological polar surface area (TPSA) is 92.3 Å². The number of ether oxygens (including phenoxy) is 1. The lowest BCUT2D eigenvalue weighted by Gasteiger charge is -2.08. The minimum Gasteiger partial charge on any atom is -0.494 e. The average Bonchev–Trinajstić information content (AvgIpc) is 3.05. The molecule has 25 heavy (non-hydrogen) atoms. The van der Waals surface area contributed by atoms with Gasteiger partial charge in [0.15, 0.2) is 5.13 Å². The molecule has 0 aliphatic rings. The van der Waals surface area contributed by atoms with E-state index in [1.165, 1.54) is 11.3 Å². The van der Waals surface area contributed by atoms with Gasteiger partial charge in [-0.15, -0.1) is 11.3 Å². The highest BCUT2D eigenvalue weighted by molar-refractivity contribution is 7.14. The van der Waals surface area contributed by atoms with Crippen LogP contribution < -0.4 is 20.7 Å². The maximum absolute atomic E-state index is 12.0. The molecule has 0 radical (unpaired) electrons. The fourth-order valence-corrected chi connectivity index (χ4v) is 2.60. The summed E-state index contributed by atoms with van der Waals surface area (Å²) in [5.74, 6) is 0.511. The molecule has 8 heteroatoms. The minimum absolute atomic E-state index is 0.258. The number of urea groups is 1. The molecule has 0 aliphatic carbocycles. The van der Waals surface area contributed by atoms with Crippen molar-refractivity contribution in [2.24, 2.45) is 0 Å². The van der Waals surface area contributed by atoms with E-state index < -0.39 is 6.03 Å². The fraction of sp³-hybridized carbons (Fsp3) is 0.353. The van der Waals surface area contributed by atoms with E-state index in [2.05, 4.69) is 27.9 Å². The normalized spacial score (nSPS) is 10.2. The molecule has 2 rings (SSSR count). The number of amides is 3. The van der Waals surface area contributed by atoms with Gasteiger partial charge in [0.25, 0.3) is 5.91 Å². The van der Waals surface area contributed by atoms with Crippen LogP contribution in [-0.2, 0) is 0 Å². The monoisotopic (exact) mass is 362 g/mol. The zero-order valence-corrected chi connectivity index (χ0v) is 15.1. The van der Waals surface area contributed by atoms with Gasteiger partial charge < -0.3 is 15.4 Å². The van der Waals surface area contributed by atoms with Crippen molar-refractivity contribution in [3.8, 4) is 5.75 Å². The summed E-state index contributed by atoms with van der Waals surface area (Å²) in [6.07, 6.45) is 2.09. The summed E-state index contributed by atoms with van der Waals surface area (Å²) in [6, 6.07) is 6.73. The summed E-state index contributed by atoms with van der Waals surface area (Å²) in [5, 5.41) is 9.94. The number of anilines is 2. The van der Waals surface area contributed by atoms with Crippen molar-refractivity contribution in [3.05, 3.63) is 35.3 Å². The fourth-order valence-electron chi connectivity index (χ4n) is 1.91. The molecule has 3 N–H and O–H groups in total. The van der Waals surface area contributed by atoms with Crippen molar-refractivity contribution in [1.82, 2.24) is 10.3 Å². The van der Waals surface area contributed by atoms with Crippen molar-refractivity contribution in [3.63, 3.8) is 0 Å². The van der Waals surface area contributed by atoms with E-state index in [9.17, 15) is 9.59 Å². The number of hydrogen-bond donors (Lipinski definition) is 3. The highest BCUT2D eigenvalue weighted by atomic mass is 32.1. The number of rotatable bonds is 8. The number of unbranched alkanes of at least 4 members (excludes halogenated alkanes) is 1. The Labute approximate surface area is 150 Å². The second kappa shape index (κ2) is 9.63. The number of nitrogens with one attached hydrogen (secondary N) is 3. The highest BCUT2D eigenvalue weighted by Crippen LogP contribution is 2.18. The van der Waals surface area contributed by atoms with Gasteiger partial charge >= 0.3 is 6.03 Å². The third kappa shape index (κ3) is 6.07. The van der Waals surface area contributed by atoms with Crippen LogP contribution in [0.2, 0.25) is 0 Å². The third-order valence-electron chi connectivity index (χ3n) is 3.17. The van der Waals surface area contributed by atoms with Crippen LogP contribution >= 0.6 is 11.3 Å². The smallest absolute Gasteiger partial charge is 0.325 e. The van der Waals surface area contributed by atoms with E-state index in [0.717, 1.165) is 18.6 Å². The predicted molar refractivity (Wildman–Crippen MR) is 99.6 cm³/mol. The average molecular weight is 362 g/mol. The predicted octanol–water partition coefficient (Wildman–Crippen LogP) is 3.72. The molecular formula is C17H22N4O3S. The van der Waals surface area contributed by atoms with Gasteiger partial charge in [-0.2, -0.15) is 0 Å². The first-order chi connectivity index (χ1) is 12.1. The Morgan fingerprint density at radius 2 is 1.92 bits per heavy atom. The number of carbonyl (C=O) groups is 2. The van der Waals surface area contributed by atoms with Crippen molar-refractivity contribution >= 4 is 34.1 Å². The number of carbonyl (C=O) groups excluding carboxylic acids is 2. The Bertz CT molecular complexity index is 700. The maximum atomic E-state index is 12.0. The molecule has 1 aromatic carbocycles. The molecule has 1 heterocycles. The summed E-state index contributed by atoms with van der Waals surface area (Å²) in [4.78, 5) is 27.7. The second-order valence-corrected chi connectivity index (χ2v) is 6.06. The molecule has 0 spiro atoms. The molecule has 0 bridgehead atoms. The summed E-state index contributed by atoms with van der Waals surface area (Å²) < 4.78 is 5.57. The molecule has 2 aromatic rings. The van der Waals surface area contributed by atoms with Crippen molar-refractivity contribution in [2.75, 3.05) is 23.8 Å². The zero-order chi connectivity index (χ0) is 18.1. The largest absolute Gasteiger partial charge is 0.494 e. The van der Waals surface area contributed by atoms with Gasteiger partial charge in [-0.05, 0) is 37.6 Å². The molecule has 0 saturated carbocycles. The quantitative estimate of drug-likeness (QED) is 0.624. The first-order valence-electron chi connectivity index (χ1n) is 8.17. The van der Waals surface area contributed by atoms with Crippen LogP contribution in [0.4, 0.5) is 15.6 Å². The SMILES string of the molecule is CCCCOc1ccc(NC(=O)Nc2nc(C(=O)NCC)cs2)cc1. The summed E-state index contributed by atoms with van der Waals surface area (Å²) in [6.45, 7) is 5.15. The summed E-state index contributed by atoms with van der Waals surface area (Å²) >= 11 is 1.19. The van der Waals surface area contributed by atoms with Crippen LogP contribution in [0.5, 0.6) is 5.75 Å². The molecule has 0 saturated heterocycles. The van der Waals surface area contributed by atoms with Gasteiger partial charge in [-0.25, -0.2) is 9.78 Å². The molecule has 1 aromatic heterocycles. The molecule has 0 unspecified atom stereocenters. The number of benzene rings is 1. The summed E-state index contributed by atoms with van der Waals surface area (Å²) in [7, 11) is 0. The first kappa shape index (κ1) is 18.7. The number of nitrogens with zero attached hydrogens (tertiary/aromatic N) is 1. The Kier molecular flexibility index (Phi) is 7.21. The van der Waals surface area contributed by atoms with Crippen LogP contribution in [0.1, 0.15) is 37.2 Å². The van der Waals surface area contributed by atoms with Crippen LogP contribution in [0.25, 0.3) is 0 Å². The lowest BCUT2D eigenvalue weighted by Crippen LogP contribution is -2.23. The molecule has 7 nitrogen and oxygen atoms in total. The molecular weight excluding hydrogens is 340 g/mol. The van der Waals surface area contributed by atoms with Crippen molar-refractivity contribution in [2.45, 2.75) is 26.7 Å². The number of aromatic nitrogens is 1. The molecule has 0 fully saturated rings. The van der Waals surface area contributed by atoms with E-state index in [4.69, 9.17) is 4.74 Å². The molecule has 0 atom stereocenters. The van der Waals surface area contributed by atoms with Crippen molar-refractivity contribution < 1.29 is 14.3 Å². The standard InChI is InChI=1S/C17H22N4O3S/c1-3-5-10-24-13-8-6-12(7-9-13)19-16(23)21-17-20-14(11-25-17)15(22)18-4-2/h6-9,11H,3-5,10H2,1-2H3,(H,18,22)(H2,19,20,21,23). The minimum atomic E-state index is -0.420. The van der Waals surface area contributed by atoms with E-state index in [1.807, 2.05) is 19.1 Å². The summed E-state index contributed by atoms with van der Waals surface area (Å²) in [5.41, 5.74) is 0.927. The Balaban J connectivity index is 1.84. The van der Waals surface area contributed by atoms with Gasteiger partial charge in [0.05, 0.1) is 6.61 Å². The van der Waals surface area contributed by atoms with E-state index >= 15 is 0 Å². The molecule has 3 amide bonds. The van der Waals surface area contributed by atoms with E-state index in [1.54, 1.807) is 17.5 Å². The lowest BCUT2D eigenvalue weighted by atomic mass is 10.3. The highest BCUT2D eigenvalue weighted by Gasteiger charge is 2.11. The van der Waals surface area contributed by atoms with E-state index in [-0.39, 0.29) is 11.6 Å². The van der Waals surface area contributed by atoms with Crippen LogP contribution in [-0.4, -0.2) is 30.1 Å². The Morgan fingerprint density at radius 3 is 2.60 bits per heavy atom. The van der Waals surface area contributed by atoms with Crippen LogP contribution in [0, 0.1) is 0 Å². The van der Waals surface area contributed by atoms with Gasteiger partial charge in [-0.1, -0.05) is 13.3 Å². The second-order valence-electron chi connectivity index (χ2n) is 5.20. The molecule has 0 aliphatic heterocycles. The van der Waals surface area contributed by atoms with Gasteiger partial charge in [0.1, 0.15) is 11.4 Å². The third-order valence-corrected chi connectivity index (χ3v) is 3.93. The lowest BCUT2D eigenvalue weighted by molar-refractivity contribution is 0.0951. The molecule has 134 valence electrons. The number of thiazole rings is 1. The first-order valence-corrected chi connectivity index (χ1v) is 9.05. The Morgan fingerprint density at radius 1 is 1.16 bits per heavy atom. The Hall–Kier alpha value is -2.61. The number of hydrogen-bond acceptors (Lipinski definition) is 5. The van der Waals surface area contributed by atoms with Gasteiger partial charge in [0.2, 0.25) is 0 Å². The van der Waals surface area contributed by atoms with Gasteiger partial charge in [0, 0.05) is 17.6 Å². The zero-order valence-electron chi connectivity index (χ0n) is 14.3.